The van der Waals surface area contributed by atoms with Gasteiger partial charge in [0.05, 0.1) is 12.2 Å². The number of nitrogens with zero attached hydrogens (tertiary/aromatic N) is 1. The van der Waals surface area contributed by atoms with Crippen LogP contribution in [0.15, 0.2) is 18.2 Å². The zero-order chi connectivity index (χ0) is 16.6. The number of rotatable bonds is 3. The molecule has 128 valence electrons. The van der Waals surface area contributed by atoms with Gasteiger partial charge in [-0.2, -0.15) is 0 Å². The van der Waals surface area contributed by atoms with E-state index < -0.39 is 16.6 Å². The zero-order valence-corrected chi connectivity index (χ0v) is 13.5. The number of nitrogens with two attached hydrogens (primary N) is 1. The molecule has 0 aromatic heterocycles. The quantitative estimate of drug-likeness (QED) is 0.880. The fourth-order valence-electron chi connectivity index (χ4n) is 3.10. The number of anilines is 1. The lowest BCUT2D eigenvalue weighted by molar-refractivity contribution is 0.145. The molecule has 3 rings (SSSR count). The standard InChI is InChI=1S/C15H21FN3O3S/c16-14-7-11(19-9-12(8-17)22-15(19)20)1-2-13(14)10-3-5-23(18,21)6-4-10/h1-2,7,10,12,18,21H,3-6,8-9,17H2/q-1/t12-/m0/s1. The average molecular weight is 342 g/mol. The summed E-state index contributed by atoms with van der Waals surface area (Å²) in [5, 5.41) is 7.72. The predicted octanol–water partition coefficient (Wildman–Crippen LogP) is 3.23. The zero-order valence-electron chi connectivity index (χ0n) is 12.7. The Hall–Kier alpha value is -1.35. The van der Waals surface area contributed by atoms with Gasteiger partial charge in [0.15, 0.2) is 0 Å². The van der Waals surface area contributed by atoms with Gasteiger partial charge in [0.25, 0.3) is 0 Å². The van der Waals surface area contributed by atoms with Crippen molar-refractivity contribution in [2.75, 3.05) is 29.5 Å². The van der Waals surface area contributed by atoms with Gasteiger partial charge in [-0.3, -0.25) is 4.90 Å². The number of carbonyl (C=O) groups excluding carboxylic acids is 1. The van der Waals surface area contributed by atoms with E-state index in [0.717, 1.165) is 0 Å². The van der Waals surface area contributed by atoms with E-state index in [-0.39, 0.29) is 24.4 Å². The Morgan fingerprint density at radius 3 is 2.70 bits per heavy atom. The molecule has 1 atom stereocenters. The van der Waals surface area contributed by atoms with Crippen molar-refractivity contribution < 1.29 is 18.5 Å². The fraction of sp³-hybridized carbons (Fsp3) is 0.533. The second kappa shape index (κ2) is 6.27. The number of halogens is 1. The summed E-state index contributed by atoms with van der Waals surface area (Å²) in [5.41, 5.74) is 6.55. The highest BCUT2D eigenvalue weighted by Gasteiger charge is 2.32. The van der Waals surface area contributed by atoms with Crippen molar-refractivity contribution in [1.82, 2.24) is 0 Å². The van der Waals surface area contributed by atoms with Crippen molar-refractivity contribution >= 4 is 22.3 Å². The number of hydrogen-bond acceptors (Lipinski definition) is 4. The Morgan fingerprint density at radius 2 is 2.13 bits per heavy atom. The van der Waals surface area contributed by atoms with Crippen molar-refractivity contribution in [3.8, 4) is 0 Å². The summed E-state index contributed by atoms with van der Waals surface area (Å²) in [5.74, 6) is 0.511. The van der Waals surface area contributed by atoms with Gasteiger partial charge >= 0.3 is 6.09 Å². The highest BCUT2D eigenvalue weighted by molar-refractivity contribution is 8.30. The molecule has 6 nitrogen and oxygen atoms in total. The number of ether oxygens (including phenoxy) is 1. The van der Waals surface area contributed by atoms with Crippen molar-refractivity contribution in [3.63, 3.8) is 0 Å². The molecule has 1 amide bonds. The molecule has 2 heterocycles. The second-order valence-corrected chi connectivity index (χ2v) is 8.58. The number of cyclic esters (lactones) is 1. The molecule has 0 aliphatic carbocycles. The average Bonchev–Trinajstić information content (AvgIpc) is 2.89. The third-order valence-electron chi connectivity index (χ3n) is 4.48. The monoisotopic (exact) mass is 342 g/mol. The highest BCUT2D eigenvalue weighted by atomic mass is 32.3. The van der Waals surface area contributed by atoms with Crippen molar-refractivity contribution in [3.05, 3.63) is 34.7 Å². The van der Waals surface area contributed by atoms with Crippen LogP contribution in [-0.2, 0) is 4.74 Å². The SMILES string of the molecule is [NH-]S1(O)CCC(c2ccc(N3C[C@H](CN)OC3=O)cc2F)CC1. The molecule has 0 radical (unpaired) electrons. The number of nitrogens with one attached hydrogen (secondary N) is 1. The van der Waals surface area contributed by atoms with Gasteiger partial charge in [0, 0.05) is 6.54 Å². The first-order valence-corrected chi connectivity index (χ1v) is 9.56. The minimum Gasteiger partial charge on any atom is -0.614 e. The van der Waals surface area contributed by atoms with Gasteiger partial charge in [-0.25, -0.2) is 19.7 Å². The van der Waals surface area contributed by atoms with E-state index in [9.17, 15) is 13.7 Å². The molecule has 2 aliphatic rings. The summed E-state index contributed by atoms with van der Waals surface area (Å²) in [6, 6.07) is 4.76. The molecule has 1 aromatic rings. The molecule has 4 N–H and O–H groups in total. The summed E-state index contributed by atoms with van der Waals surface area (Å²) >= 11 is 0. The smallest absolute Gasteiger partial charge is 0.414 e. The lowest BCUT2D eigenvalue weighted by atomic mass is 9.93. The van der Waals surface area contributed by atoms with Crippen LogP contribution in [0.4, 0.5) is 14.9 Å². The van der Waals surface area contributed by atoms with Crippen molar-refractivity contribution in [2.45, 2.75) is 24.9 Å². The van der Waals surface area contributed by atoms with Crippen molar-refractivity contribution in [2.24, 2.45) is 5.73 Å². The van der Waals surface area contributed by atoms with Crippen LogP contribution in [0, 0.1) is 5.82 Å². The van der Waals surface area contributed by atoms with Gasteiger partial charge in [-0.15, -0.1) is 0 Å². The lowest BCUT2D eigenvalue weighted by Crippen LogP contribution is -2.27. The van der Waals surface area contributed by atoms with Crippen LogP contribution in [-0.4, -0.2) is 41.3 Å². The molecule has 2 fully saturated rings. The number of benzene rings is 1. The molecule has 1 aromatic carbocycles. The minimum absolute atomic E-state index is 0.0181. The van der Waals surface area contributed by atoms with Gasteiger partial charge < -0.3 is 20.2 Å². The van der Waals surface area contributed by atoms with Gasteiger partial charge in [0.1, 0.15) is 11.9 Å². The lowest BCUT2D eigenvalue weighted by Gasteiger charge is -2.45. The first-order valence-electron chi connectivity index (χ1n) is 7.63. The van der Waals surface area contributed by atoms with Crippen LogP contribution in [0.1, 0.15) is 24.3 Å². The van der Waals surface area contributed by atoms with Crippen LogP contribution in [0.2, 0.25) is 0 Å². The molecular formula is C15H21FN3O3S-. The Balaban J connectivity index is 1.75. The van der Waals surface area contributed by atoms with E-state index in [1.54, 1.807) is 12.1 Å². The van der Waals surface area contributed by atoms with E-state index in [1.807, 2.05) is 0 Å². The fourth-order valence-corrected chi connectivity index (χ4v) is 4.65. The maximum Gasteiger partial charge on any atom is 0.414 e. The Labute approximate surface area is 136 Å². The van der Waals surface area contributed by atoms with Gasteiger partial charge in [-0.1, -0.05) is 6.07 Å². The molecule has 0 bridgehead atoms. The number of hydrogen-bond donors (Lipinski definition) is 2. The molecule has 8 heteroatoms. The maximum atomic E-state index is 14.5. The van der Waals surface area contributed by atoms with Crippen LogP contribution < -0.4 is 10.6 Å². The van der Waals surface area contributed by atoms with Gasteiger partial charge in [-0.05, 0) is 48.0 Å². The van der Waals surface area contributed by atoms with Crippen LogP contribution in [0.5, 0.6) is 0 Å². The second-order valence-electron chi connectivity index (χ2n) is 6.08. The van der Waals surface area contributed by atoms with E-state index in [2.05, 4.69) is 0 Å². The van der Waals surface area contributed by atoms with E-state index in [1.165, 1.54) is 11.0 Å². The minimum atomic E-state index is -2.23. The molecule has 23 heavy (non-hydrogen) atoms. The van der Waals surface area contributed by atoms with Gasteiger partial charge in [0.2, 0.25) is 0 Å². The number of amides is 1. The Bertz CT molecular complexity index is 604. The Kier molecular flexibility index (Phi) is 4.50. The largest absolute Gasteiger partial charge is 0.614 e. The molecule has 0 saturated carbocycles. The highest BCUT2D eigenvalue weighted by Crippen LogP contribution is 2.52. The van der Waals surface area contributed by atoms with E-state index >= 15 is 0 Å². The Morgan fingerprint density at radius 1 is 1.43 bits per heavy atom. The van der Waals surface area contributed by atoms with E-state index in [0.29, 0.717) is 42.1 Å². The summed E-state index contributed by atoms with van der Waals surface area (Å²) in [7, 11) is -2.23. The summed E-state index contributed by atoms with van der Waals surface area (Å²) in [4.78, 5) is 13.2. The molecule has 2 saturated heterocycles. The van der Waals surface area contributed by atoms with Crippen LogP contribution in [0.3, 0.4) is 0 Å². The molecule has 2 aliphatic heterocycles. The normalized spacial score (nSPS) is 34.1. The van der Waals surface area contributed by atoms with Crippen molar-refractivity contribution in [1.29, 1.82) is 0 Å². The topological polar surface area (TPSA) is 99.6 Å². The third kappa shape index (κ3) is 3.45. The summed E-state index contributed by atoms with van der Waals surface area (Å²) < 4.78 is 29.3. The summed E-state index contributed by atoms with van der Waals surface area (Å²) in [6.45, 7) is 0.566. The van der Waals surface area contributed by atoms with Crippen LogP contribution >= 0.6 is 10.5 Å². The van der Waals surface area contributed by atoms with Crippen LogP contribution in [0.25, 0.3) is 5.14 Å². The predicted molar refractivity (Wildman–Crippen MR) is 89.3 cm³/mol. The van der Waals surface area contributed by atoms with E-state index in [4.69, 9.17) is 15.6 Å². The molecular weight excluding hydrogens is 321 g/mol. The molecule has 0 unspecified atom stereocenters. The number of carbonyl (C=O) groups is 1. The summed E-state index contributed by atoms with van der Waals surface area (Å²) in [6.07, 6.45) is 0.369. The molecule has 0 spiro atoms. The first kappa shape index (κ1) is 16.5. The first-order chi connectivity index (χ1) is 10.9. The third-order valence-corrected chi connectivity index (χ3v) is 6.30. The maximum absolute atomic E-state index is 14.5.